The minimum absolute atomic E-state index is 0.0390. The van der Waals surface area contributed by atoms with Gasteiger partial charge in [0.25, 0.3) is 11.6 Å². The van der Waals surface area contributed by atoms with E-state index in [2.05, 4.69) is 21.2 Å². The van der Waals surface area contributed by atoms with E-state index < -0.39 is 16.9 Å². The summed E-state index contributed by atoms with van der Waals surface area (Å²) in [6.45, 7) is 1.78. The molecule has 0 radical (unpaired) electrons. The highest BCUT2D eigenvalue weighted by Crippen LogP contribution is 2.23. The Balaban J connectivity index is 1.84. The molecule has 1 aliphatic rings. The summed E-state index contributed by atoms with van der Waals surface area (Å²) in [5.74, 6) is -0.471. The van der Waals surface area contributed by atoms with Gasteiger partial charge in [-0.3, -0.25) is 19.8 Å². The maximum absolute atomic E-state index is 12.5. The van der Waals surface area contributed by atoms with Gasteiger partial charge in [0.2, 0.25) is 0 Å². The van der Waals surface area contributed by atoms with Gasteiger partial charge in [0, 0.05) is 16.1 Å². The van der Waals surface area contributed by atoms with Crippen molar-refractivity contribution in [3.63, 3.8) is 0 Å². The number of imide groups is 1. The Morgan fingerprint density at radius 1 is 1.19 bits per heavy atom. The summed E-state index contributed by atoms with van der Waals surface area (Å²) in [5.41, 5.74) is 1.85. The number of carbonyl (C=O) groups excluding carboxylic acids is 2. The van der Waals surface area contributed by atoms with Crippen molar-refractivity contribution in [1.29, 1.82) is 0 Å². The van der Waals surface area contributed by atoms with Crippen LogP contribution in [0.2, 0.25) is 0 Å². The predicted octanol–water partition coefficient (Wildman–Crippen LogP) is 3.76. The highest BCUT2D eigenvalue weighted by atomic mass is 79.9. The molecule has 132 valence electrons. The number of nitro groups is 1. The zero-order valence-corrected chi connectivity index (χ0v) is 15.3. The second kappa shape index (κ2) is 7.09. The number of nitrogens with one attached hydrogen (secondary N) is 1. The van der Waals surface area contributed by atoms with Crippen molar-refractivity contribution in [2.75, 3.05) is 0 Å². The average molecular weight is 416 g/mol. The molecule has 0 bridgehead atoms. The summed E-state index contributed by atoms with van der Waals surface area (Å²) >= 11 is 3.33. The first kappa shape index (κ1) is 17.8. The molecular formula is C18H14BrN3O4. The van der Waals surface area contributed by atoms with Gasteiger partial charge < -0.3 is 5.32 Å². The summed E-state index contributed by atoms with van der Waals surface area (Å²) in [6.07, 6.45) is 1.44. The third kappa shape index (κ3) is 3.65. The number of halogens is 1. The van der Waals surface area contributed by atoms with Crippen LogP contribution >= 0.6 is 15.9 Å². The monoisotopic (exact) mass is 415 g/mol. The SMILES string of the molecule is Cc1ccc(C=C2NC(=O)N(Cc3ccc(Br)cc3)C2=O)cc1[N+](=O)[O-]. The van der Waals surface area contributed by atoms with E-state index in [1.165, 1.54) is 12.1 Å². The zero-order valence-electron chi connectivity index (χ0n) is 13.7. The van der Waals surface area contributed by atoms with Gasteiger partial charge in [-0.25, -0.2) is 4.79 Å². The number of hydrogen-bond donors (Lipinski definition) is 1. The fourth-order valence-corrected chi connectivity index (χ4v) is 2.83. The Morgan fingerprint density at radius 3 is 2.54 bits per heavy atom. The first-order valence-electron chi connectivity index (χ1n) is 7.69. The molecule has 0 aromatic heterocycles. The van der Waals surface area contributed by atoms with E-state index in [4.69, 9.17) is 0 Å². The summed E-state index contributed by atoms with van der Waals surface area (Å²) in [4.78, 5) is 36.3. The lowest BCUT2D eigenvalue weighted by atomic mass is 10.1. The van der Waals surface area contributed by atoms with E-state index in [0.717, 1.165) is 14.9 Å². The summed E-state index contributed by atoms with van der Waals surface area (Å²) < 4.78 is 0.903. The molecule has 0 aliphatic carbocycles. The van der Waals surface area contributed by atoms with Crippen LogP contribution in [0.5, 0.6) is 0 Å². The Hall–Kier alpha value is -3.00. The van der Waals surface area contributed by atoms with Crippen LogP contribution < -0.4 is 5.32 Å². The van der Waals surface area contributed by atoms with Gasteiger partial charge in [0.1, 0.15) is 5.70 Å². The predicted molar refractivity (Wildman–Crippen MR) is 99.0 cm³/mol. The summed E-state index contributed by atoms with van der Waals surface area (Å²) in [5, 5.41) is 13.6. The summed E-state index contributed by atoms with van der Waals surface area (Å²) in [6, 6.07) is 11.4. The van der Waals surface area contributed by atoms with Crippen molar-refractivity contribution in [1.82, 2.24) is 10.2 Å². The van der Waals surface area contributed by atoms with Gasteiger partial charge in [0.15, 0.2) is 0 Å². The molecule has 3 rings (SSSR count). The lowest BCUT2D eigenvalue weighted by molar-refractivity contribution is -0.385. The largest absolute Gasteiger partial charge is 0.329 e. The summed E-state index contributed by atoms with van der Waals surface area (Å²) in [7, 11) is 0. The van der Waals surface area contributed by atoms with Crippen LogP contribution in [0.4, 0.5) is 10.5 Å². The van der Waals surface area contributed by atoms with Gasteiger partial charge in [-0.1, -0.05) is 40.2 Å². The second-order valence-electron chi connectivity index (χ2n) is 5.81. The molecular weight excluding hydrogens is 402 g/mol. The van der Waals surface area contributed by atoms with Gasteiger partial charge in [-0.2, -0.15) is 0 Å². The van der Waals surface area contributed by atoms with Crippen LogP contribution in [-0.2, 0) is 11.3 Å². The molecule has 1 N–H and O–H groups in total. The average Bonchev–Trinajstić information content (AvgIpc) is 2.85. The molecule has 1 aliphatic heterocycles. The molecule has 0 atom stereocenters. The van der Waals surface area contributed by atoms with Crippen LogP contribution in [0, 0.1) is 17.0 Å². The molecule has 1 saturated heterocycles. The van der Waals surface area contributed by atoms with Crippen molar-refractivity contribution >= 4 is 39.6 Å². The molecule has 1 heterocycles. The Labute approximate surface area is 157 Å². The van der Waals surface area contributed by atoms with E-state index in [0.29, 0.717) is 11.1 Å². The highest BCUT2D eigenvalue weighted by Gasteiger charge is 2.33. The molecule has 26 heavy (non-hydrogen) atoms. The number of urea groups is 1. The zero-order chi connectivity index (χ0) is 18.8. The third-order valence-electron chi connectivity index (χ3n) is 3.96. The minimum Gasteiger partial charge on any atom is -0.303 e. The molecule has 7 nitrogen and oxygen atoms in total. The number of carbonyl (C=O) groups is 2. The molecule has 2 aromatic carbocycles. The maximum atomic E-state index is 12.5. The number of amides is 3. The van der Waals surface area contributed by atoms with Crippen molar-refractivity contribution in [3.05, 3.63) is 79.4 Å². The Morgan fingerprint density at radius 2 is 1.88 bits per heavy atom. The molecule has 1 fully saturated rings. The molecule has 0 spiro atoms. The van der Waals surface area contributed by atoms with Crippen LogP contribution in [0.3, 0.4) is 0 Å². The number of nitro benzene ring substituents is 1. The van der Waals surface area contributed by atoms with E-state index in [1.807, 2.05) is 24.3 Å². The molecule has 0 saturated carbocycles. The second-order valence-corrected chi connectivity index (χ2v) is 6.72. The number of rotatable bonds is 4. The van der Waals surface area contributed by atoms with E-state index >= 15 is 0 Å². The standard InChI is InChI=1S/C18H14BrN3O4/c1-11-2-3-13(9-16(11)22(25)26)8-15-17(23)21(18(24)20-15)10-12-4-6-14(19)7-5-12/h2-9H,10H2,1H3,(H,20,24). The van der Waals surface area contributed by atoms with Gasteiger partial charge in [0.05, 0.1) is 11.5 Å². The Kier molecular flexibility index (Phi) is 4.85. The Bertz CT molecular complexity index is 938. The molecule has 0 unspecified atom stereocenters. The van der Waals surface area contributed by atoms with E-state index in [9.17, 15) is 19.7 Å². The quantitative estimate of drug-likeness (QED) is 0.356. The third-order valence-corrected chi connectivity index (χ3v) is 4.49. The lowest BCUT2D eigenvalue weighted by Gasteiger charge is -2.11. The van der Waals surface area contributed by atoms with Gasteiger partial charge >= 0.3 is 6.03 Å². The fourth-order valence-electron chi connectivity index (χ4n) is 2.57. The normalized spacial score (nSPS) is 15.5. The van der Waals surface area contributed by atoms with Crippen molar-refractivity contribution in [2.24, 2.45) is 0 Å². The van der Waals surface area contributed by atoms with Crippen LogP contribution in [0.1, 0.15) is 16.7 Å². The van der Waals surface area contributed by atoms with Crippen LogP contribution in [0.25, 0.3) is 6.08 Å². The number of benzene rings is 2. The van der Waals surface area contributed by atoms with Crippen molar-refractivity contribution in [2.45, 2.75) is 13.5 Å². The number of hydrogen-bond acceptors (Lipinski definition) is 4. The van der Waals surface area contributed by atoms with Crippen molar-refractivity contribution < 1.29 is 14.5 Å². The van der Waals surface area contributed by atoms with Gasteiger partial charge in [-0.15, -0.1) is 0 Å². The first-order chi connectivity index (χ1) is 12.3. The first-order valence-corrected chi connectivity index (χ1v) is 8.48. The molecule has 3 amide bonds. The maximum Gasteiger partial charge on any atom is 0.329 e. The van der Waals surface area contributed by atoms with Gasteiger partial charge in [-0.05, 0) is 36.3 Å². The lowest BCUT2D eigenvalue weighted by Crippen LogP contribution is -2.30. The molecule has 2 aromatic rings. The number of nitrogens with zero attached hydrogens (tertiary/aromatic N) is 2. The van der Waals surface area contributed by atoms with Crippen LogP contribution in [-0.4, -0.2) is 21.8 Å². The van der Waals surface area contributed by atoms with Crippen LogP contribution in [0.15, 0.2) is 52.6 Å². The smallest absolute Gasteiger partial charge is 0.303 e. The van der Waals surface area contributed by atoms with E-state index in [1.54, 1.807) is 19.1 Å². The fraction of sp³-hybridized carbons (Fsp3) is 0.111. The minimum atomic E-state index is -0.522. The highest BCUT2D eigenvalue weighted by molar-refractivity contribution is 9.10. The number of aryl methyl sites for hydroxylation is 1. The molecule has 8 heteroatoms. The van der Waals surface area contributed by atoms with E-state index in [-0.39, 0.29) is 17.9 Å². The topological polar surface area (TPSA) is 92.6 Å². The van der Waals surface area contributed by atoms with Crippen molar-refractivity contribution in [3.8, 4) is 0 Å².